The summed E-state index contributed by atoms with van der Waals surface area (Å²) in [4.78, 5) is 0. The van der Waals surface area contributed by atoms with Crippen LogP contribution in [0.15, 0.2) is 54.4 Å². The number of aromatic nitrogens is 1. The Morgan fingerprint density at radius 3 is 2.41 bits per heavy atom. The molecule has 3 nitrogen and oxygen atoms in total. The van der Waals surface area contributed by atoms with Gasteiger partial charge in [-0.05, 0) is 35.9 Å². The molecule has 1 heterocycles. The van der Waals surface area contributed by atoms with Gasteiger partial charge in [-0.15, -0.1) is 0 Å². The van der Waals surface area contributed by atoms with Crippen molar-refractivity contribution in [1.29, 1.82) is 10.5 Å². The maximum absolute atomic E-state index is 8.69. The zero-order valence-electron chi connectivity index (χ0n) is 9.04. The highest BCUT2D eigenvalue weighted by molar-refractivity contribution is 5.63. The predicted molar refractivity (Wildman–Crippen MR) is 65.0 cm³/mol. The van der Waals surface area contributed by atoms with E-state index in [-0.39, 0.29) is 5.57 Å². The van der Waals surface area contributed by atoms with Crippen molar-refractivity contribution in [3.8, 4) is 17.8 Å². The van der Waals surface area contributed by atoms with E-state index in [4.69, 9.17) is 10.5 Å². The van der Waals surface area contributed by atoms with Gasteiger partial charge >= 0.3 is 0 Å². The summed E-state index contributed by atoms with van der Waals surface area (Å²) < 4.78 is 1.97. The first kappa shape index (κ1) is 10.7. The SMILES string of the molecule is N#CC(C#N)=Cc1cccc(-n2cccc2)c1. The molecular weight excluding hydrogens is 210 g/mol. The van der Waals surface area contributed by atoms with E-state index in [2.05, 4.69) is 0 Å². The van der Waals surface area contributed by atoms with Crippen LogP contribution in [0.4, 0.5) is 0 Å². The Hall–Kier alpha value is -2.78. The Balaban J connectivity index is 2.41. The molecule has 80 valence electrons. The van der Waals surface area contributed by atoms with E-state index < -0.39 is 0 Å². The molecule has 2 aromatic rings. The molecule has 0 saturated carbocycles. The van der Waals surface area contributed by atoms with Crippen molar-refractivity contribution >= 4 is 6.08 Å². The summed E-state index contributed by atoms with van der Waals surface area (Å²) in [6.07, 6.45) is 5.46. The van der Waals surface area contributed by atoms with E-state index in [9.17, 15) is 0 Å². The van der Waals surface area contributed by atoms with Gasteiger partial charge in [-0.25, -0.2) is 0 Å². The summed E-state index contributed by atoms with van der Waals surface area (Å²) in [7, 11) is 0. The van der Waals surface area contributed by atoms with Crippen LogP contribution in [-0.2, 0) is 0 Å². The van der Waals surface area contributed by atoms with Gasteiger partial charge in [0.2, 0.25) is 0 Å². The lowest BCUT2D eigenvalue weighted by atomic mass is 10.1. The number of nitriles is 2. The van der Waals surface area contributed by atoms with Gasteiger partial charge in [-0.2, -0.15) is 10.5 Å². The van der Waals surface area contributed by atoms with Crippen LogP contribution in [0.25, 0.3) is 11.8 Å². The summed E-state index contributed by atoms with van der Waals surface area (Å²) >= 11 is 0. The monoisotopic (exact) mass is 219 g/mol. The van der Waals surface area contributed by atoms with Crippen LogP contribution in [-0.4, -0.2) is 4.57 Å². The summed E-state index contributed by atoms with van der Waals surface area (Å²) in [5.41, 5.74) is 1.95. The van der Waals surface area contributed by atoms with Crippen LogP contribution in [0.2, 0.25) is 0 Å². The molecule has 0 aliphatic heterocycles. The predicted octanol–water partition coefficient (Wildman–Crippen LogP) is 2.91. The molecule has 0 fully saturated rings. The van der Waals surface area contributed by atoms with Crippen LogP contribution in [0.5, 0.6) is 0 Å². The van der Waals surface area contributed by atoms with Crippen molar-refractivity contribution in [2.24, 2.45) is 0 Å². The highest BCUT2D eigenvalue weighted by Gasteiger charge is 1.97. The number of benzene rings is 1. The van der Waals surface area contributed by atoms with Crippen LogP contribution in [0.1, 0.15) is 5.56 Å². The number of hydrogen-bond acceptors (Lipinski definition) is 2. The molecule has 0 bridgehead atoms. The van der Waals surface area contributed by atoms with Crippen LogP contribution < -0.4 is 0 Å². The van der Waals surface area contributed by atoms with E-state index in [1.54, 1.807) is 6.08 Å². The van der Waals surface area contributed by atoms with Gasteiger partial charge in [-0.1, -0.05) is 12.1 Å². The molecule has 17 heavy (non-hydrogen) atoms. The van der Waals surface area contributed by atoms with Crippen molar-refractivity contribution in [3.05, 3.63) is 59.9 Å². The lowest BCUT2D eigenvalue weighted by molar-refractivity contribution is 1.08. The second-order valence-electron chi connectivity index (χ2n) is 3.47. The molecule has 0 aliphatic rings. The Kier molecular flexibility index (Phi) is 3.05. The molecule has 1 aromatic heterocycles. The van der Waals surface area contributed by atoms with Crippen molar-refractivity contribution < 1.29 is 0 Å². The second-order valence-corrected chi connectivity index (χ2v) is 3.47. The van der Waals surface area contributed by atoms with E-state index in [0.29, 0.717) is 0 Å². The van der Waals surface area contributed by atoms with Crippen molar-refractivity contribution in [1.82, 2.24) is 4.57 Å². The topological polar surface area (TPSA) is 52.5 Å². The third kappa shape index (κ3) is 2.42. The lowest BCUT2D eigenvalue weighted by Gasteiger charge is -2.03. The minimum atomic E-state index is 0.106. The maximum atomic E-state index is 8.69. The molecule has 3 heteroatoms. The zero-order valence-corrected chi connectivity index (χ0v) is 9.04. The Bertz CT molecular complexity index is 606. The second kappa shape index (κ2) is 4.83. The number of nitrogens with zero attached hydrogens (tertiary/aromatic N) is 3. The fourth-order valence-corrected chi connectivity index (χ4v) is 1.54. The van der Waals surface area contributed by atoms with Crippen molar-refractivity contribution in [2.45, 2.75) is 0 Å². The minimum Gasteiger partial charge on any atom is -0.324 e. The Morgan fingerprint density at radius 2 is 1.76 bits per heavy atom. The molecule has 0 aliphatic carbocycles. The van der Waals surface area contributed by atoms with Crippen LogP contribution >= 0.6 is 0 Å². The maximum Gasteiger partial charge on any atom is 0.130 e. The Labute approximate surface area is 99.5 Å². The molecular formula is C14H9N3. The largest absolute Gasteiger partial charge is 0.324 e. The molecule has 0 atom stereocenters. The van der Waals surface area contributed by atoms with E-state index in [1.165, 1.54) is 0 Å². The van der Waals surface area contributed by atoms with Gasteiger partial charge in [0.1, 0.15) is 17.7 Å². The molecule has 0 spiro atoms. The van der Waals surface area contributed by atoms with Gasteiger partial charge in [0.15, 0.2) is 0 Å². The quantitative estimate of drug-likeness (QED) is 0.729. The van der Waals surface area contributed by atoms with Gasteiger partial charge in [0.05, 0.1) is 0 Å². The van der Waals surface area contributed by atoms with Gasteiger partial charge in [0.25, 0.3) is 0 Å². The van der Waals surface area contributed by atoms with Gasteiger partial charge < -0.3 is 4.57 Å². The molecule has 0 radical (unpaired) electrons. The molecule has 1 aromatic carbocycles. The first-order valence-electron chi connectivity index (χ1n) is 5.09. The third-order valence-corrected chi connectivity index (χ3v) is 2.32. The van der Waals surface area contributed by atoms with Gasteiger partial charge in [-0.3, -0.25) is 0 Å². The van der Waals surface area contributed by atoms with Gasteiger partial charge in [0, 0.05) is 18.1 Å². The summed E-state index contributed by atoms with van der Waals surface area (Å²) in [5.74, 6) is 0. The first-order chi connectivity index (χ1) is 8.33. The summed E-state index contributed by atoms with van der Waals surface area (Å²) in [5, 5.41) is 17.4. The average Bonchev–Trinajstić information content (AvgIpc) is 2.90. The fraction of sp³-hybridized carbons (Fsp3) is 0. The molecule has 0 saturated heterocycles. The zero-order chi connectivity index (χ0) is 12.1. The smallest absolute Gasteiger partial charge is 0.130 e. The van der Waals surface area contributed by atoms with E-state index >= 15 is 0 Å². The van der Waals surface area contributed by atoms with Crippen molar-refractivity contribution in [3.63, 3.8) is 0 Å². The van der Waals surface area contributed by atoms with Crippen LogP contribution in [0.3, 0.4) is 0 Å². The number of rotatable bonds is 2. The first-order valence-corrected chi connectivity index (χ1v) is 5.09. The lowest BCUT2D eigenvalue weighted by Crippen LogP contribution is -1.89. The minimum absolute atomic E-state index is 0.106. The fourth-order valence-electron chi connectivity index (χ4n) is 1.54. The molecule has 2 rings (SSSR count). The highest BCUT2D eigenvalue weighted by Crippen LogP contribution is 2.13. The summed E-state index contributed by atoms with van der Waals surface area (Å²) in [6.45, 7) is 0. The molecule has 0 N–H and O–H groups in total. The average molecular weight is 219 g/mol. The Morgan fingerprint density at radius 1 is 1.06 bits per heavy atom. The number of allylic oxidation sites excluding steroid dienone is 1. The molecule has 0 amide bonds. The summed E-state index contributed by atoms with van der Waals surface area (Å²) in [6, 6.07) is 15.2. The van der Waals surface area contributed by atoms with E-state index in [0.717, 1.165) is 11.3 Å². The van der Waals surface area contributed by atoms with E-state index in [1.807, 2.05) is 65.5 Å². The standard InChI is InChI=1S/C14H9N3/c15-10-13(11-16)8-12-4-3-5-14(9-12)17-6-1-2-7-17/h1-9H. The molecule has 0 unspecified atom stereocenters. The third-order valence-electron chi connectivity index (χ3n) is 2.32. The highest BCUT2D eigenvalue weighted by atomic mass is 14.9. The van der Waals surface area contributed by atoms with Crippen LogP contribution in [0, 0.1) is 22.7 Å². The van der Waals surface area contributed by atoms with Crippen molar-refractivity contribution in [2.75, 3.05) is 0 Å². The normalized spacial score (nSPS) is 9.06. The number of hydrogen-bond donors (Lipinski definition) is 0.